The number of sulfone groups is 1. The molecule has 1 unspecified atom stereocenters. The SMILES string of the molecule is CCCCC(NC(=O)OC(C)(C)C)S(=O)(=O)c1ccc(Br)cc1. The molecule has 0 aromatic heterocycles. The molecular weight excluding hydrogens is 382 g/mol. The zero-order valence-electron chi connectivity index (χ0n) is 13.9. The normalized spacial score (nSPS) is 13.4. The van der Waals surface area contributed by atoms with Crippen LogP contribution in [0.3, 0.4) is 0 Å². The fourth-order valence-corrected chi connectivity index (χ4v) is 3.76. The number of amides is 1. The highest BCUT2D eigenvalue weighted by Gasteiger charge is 2.30. The summed E-state index contributed by atoms with van der Waals surface area (Å²) >= 11 is 3.28. The summed E-state index contributed by atoms with van der Waals surface area (Å²) in [5.74, 6) is 0. The summed E-state index contributed by atoms with van der Waals surface area (Å²) in [5, 5.41) is 1.50. The molecule has 0 radical (unpaired) electrons. The lowest BCUT2D eigenvalue weighted by atomic mass is 10.2. The second-order valence-electron chi connectivity index (χ2n) is 6.28. The molecule has 1 aromatic carbocycles. The second-order valence-corrected chi connectivity index (χ2v) is 9.32. The minimum absolute atomic E-state index is 0.179. The molecule has 0 saturated heterocycles. The van der Waals surface area contributed by atoms with Gasteiger partial charge < -0.3 is 10.1 Å². The standard InChI is InChI=1S/C16H24BrNO4S/c1-5-6-7-14(18-15(19)22-16(2,3)4)23(20,21)13-10-8-12(17)9-11-13/h8-11,14H,5-7H2,1-4H3,(H,18,19). The first kappa shape index (κ1) is 20.0. The monoisotopic (exact) mass is 405 g/mol. The molecule has 0 spiro atoms. The van der Waals surface area contributed by atoms with E-state index < -0.39 is 26.9 Å². The third kappa shape index (κ3) is 6.51. The van der Waals surface area contributed by atoms with Gasteiger partial charge in [-0.2, -0.15) is 0 Å². The molecule has 130 valence electrons. The number of ether oxygens (including phenoxy) is 1. The smallest absolute Gasteiger partial charge is 0.408 e. The maximum Gasteiger partial charge on any atom is 0.408 e. The molecule has 7 heteroatoms. The lowest BCUT2D eigenvalue weighted by molar-refractivity contribution is 0.0518. The summed E-state index contributed by atoms with van der Waals surface area (Å²) in [6.07, 6.45) is 1.14. The van der Waals surface area contributed by atoms with E-state index in [4.69, 9.17) is 4.74 Å². The molecule has 0 fully saturated rings. The number of nitrogens with one attached hydrogen (secondary N) is 1. The van der Waals surface area contributed by atoms with E-state index in [1.54, 1.807) is 32.9 Å². The van der Waals surface area contributed by atoms with Gasteiger partial charge in [0.15, 0.2) is 9.84 Å². The third-order valence-corrected chi connectivity index (χ3v) is 5.57. The molecule has 0 aliphatic carbocycles. The maximum atomic E-state index is 12.8. The topological polar surface area (TPSA) is 72.5 Å². The first-order valence-electron chi connectivity index (χ1n) is 7.55. The van der Waals surface area contributed by atoms with Crippen molar-refractivity contribution in [1.82, 2.24) is 5.32 Å². The maximum absolute atomic E-state index is 12.8. The lowest BCUT2D eigenvalue weighted by Crippen LogP contribution is -2.43. The number of alkyl carbamates (subject to hydrolysis) is 1. The Kier molecular flexibility index (Phi) is 7.07. The van der Waals surface area contributed by atoms with Gasteiger partial charge in [0.25, 0.3) is 0 Å². The van der Waals surface area contributed by atoms with Crippen molar-refractivity contribution in [2.75, 3.05) is 0 Å². The highest BCUT2D eigenvalue weighted by Crippen LogP contribution is 2.21. The van der Waals surface area contributed by atoms with E-state index in [0.29, 0.717) is 12.8 Å². The molecule has 1 amide bonds. The number of carbonyl (C=O) groups is 1. The van der Waals surface area contributed by atoms with E-state index in [2.05, 4.69) is 21.2 Å². The minimum Gasteiger partial charge on any atom is -0.444 e. The molecular formula is C16H24BrNO4S. The van der Waals surface area contributed by atoms with E-state index in [1.165, 1.54) is 12.1 Å². The van der Waals surface area contributed by atoms with Crippen LogP contribution in [-0.2, 0) is 14.6 Å². The van der Waals surface area contributed by atoms with Crippen LogP contribution >= 0.6 is 15.9 Å². The molecule has 1 N–H and O–H groups in total. The Morgan fingerprint density at radius 2 is 1.83 bits per heavy atom. The first-order chi connectivity index (χ1) is 10.6. The van der Waals surface area contributed by atoms with Crippen LogP contribution in [0.15, 0.2) is 33.6 Å². The Hall–Kier alpha value is -1.08. The molecule has 0 aliphatic heterocycles. The average molecular weight is 406 g/mol. The van der Waals surface area contributed by atoms with Gasteiger partial charge in [-0.05, 0) is 51.5 Å². The number of unbranched alkanes of at least 4 members (excludes halogenated alkanes) is 1. The number of hydrogen-bond acceptors (Lipinski definition) is 4. The first-order valence-corrected chi connectivity index (χ1v) is 9.89. The van der Waals surface area contributed by atoms with Crippen molar-refractivity contribution in [1.29, 1.82) is 0 Å². The van der Waals surface area contributed by atoms with Crippen LogP contribution in [-0.4, -0.2) is 25.5 Å². The Bertz CT molecular complexity index is 620. The van der Waals surface area contributed by atoms with Gasteiger partial charge in [-0.15, -0.1) is 0 Å². The van der Waals surface area contributed by atoms with Crippen molar-refractivity contribution in [2.45, 2.75) is 62.8 Å². The Balaban J connectivity index is 3.00. The number of rotatable bonds is 6. The van der Waals surface area contributed by atoms with E-state index >= 15 is 0 Å². The molecule has 23 heavy (non-hydrogen) atoms. The van der Waals surface area contributed by atoms with Crippen LogP contribution in [0.25, 0.3) is 0 Å². The van der Waals surface area contributed by atoms with Crippen LogP contribution in [0.5, 0.6) is 0 Å². The van der Waals surface area contributed by atoms with Crippen LogP contribution in [0.1, 0.15) is 47.0 Å². The van der Waals surface area contributed by atoms with Crippen molar-refractivity contribution in [3.63, 3.8) is 0 Å². The fraction of sp³-hybridized carbons (Fsp3) is 0.562. The molecule has 5 nitrogen and oxygen atoms in total. The van der Waals surface area contributed by atoms with Crippen molar-refractivity contribution in [3.8, 4) is 0 Å². The van der Waals surface area contributed by atoms with Gasteiger partial charge in [-0.25, -0.2) is 13.2 Å². The van der Waals surface area contributed by atoms with E-state index in [-0.39, 0.29) is 4.90 Å². The van der Waals surface area contributed by atoms with Crippen LogP contribution < -0.4 is 5.32 Å². The van der Waals surface area contributed by atoms with Crippen molar-refractivity contribution >= 4 is 31.9 Å². The number of halogens is 1. The van der Waals surface area contributed by atoms with Crippen LogP contribution in [0, 0.1) is 0 Å². The second kappa shape index (κ2) is 8.15. The van der Waals surface area contributed by atoms with E-state index in [9.17, 15) is 13.2 Å². The molecule has 0 bridgehead atoms. The Morgan fingerprint density at radius 1 is 1.26 bits per heavy atom. The van der Waals surface area contributed by atoms with E-state index in [1.807, 2.05) is 6.92 Å². The van der Waals surface area contributed by atoms with Crippen molar-refractivity contribution < 1.29 is 17.9 Å². The Morgan fingerprint density at radius 3 is 2.30 bits per heavy atom. The third-order valence-electron chi connectivity index (χ3n) is 3.01. The number of hydrogen-bond donors (Lipinski definition) is 1. The minimum atomic E-state index is -3.67. The summed E-state index contributed by atoms with van der Waals surface area (Å²) in [6, 6.07) is 6.37. The summed E-state index contributed by atoms with van der Waals surface area (Å²) < 4.78 is 31.5. The van der Waals surface area contributed by atoms with Crippen LogP contribution in [0.2, 0.25) is 0 Å². The van der Waals surface area contributed by atoms with Gasteiger partial charge >= 0.3 is 6.09 Å². The van der Waals surface area contributed by atoms with Crippen LogP contribution in [0.4, 0.5) is 4.79 Å². The molecule has 1 aromatic rings. The highest BCUT2D eigenvalue weighted by molar-refractivity contribution is 9.10. The predicted molar refractivity (Wildman–Crippen MR) is 94.0 cm³/mol. The summed E-state index contributed by atoms with van der Waals surface area (Å²) in [7, 11) is -3.67. The van der Waals surface area contributed by atoms with Gasteiger partial charge in [0.2, 0.25) is 0 Å². The lowest BCUT2D eigenvalue weighted by Gasteiger charge is -2.23. The highest BCUT2D eigenvalue weighted by atomic mass is 79.9. The van der Waals surface area contributed by atoms with Gasteiger partial charge in [-0.1, -0.05) is 35.7 Å². The summed E-state index contributed by atoms with van der Waals surface area (Å²) in [6.45, 7) is 7.17. The Labute approximate surface area is 146 Å². The number of benzene rings is 1. The molecule has 0 saturated carbocycles. The van der Waals surface area contributed by atoms with Crippen molar-refractivity contribution in [3.05, 3.63) is 28.7 Å². The average Bonchev–Trinajstić information content (AvgIpc) is 2.41. The molecule has 1 atom stereocenters. The van der Waals surface area contributed by atoms with Gasteiger partial charge in [0.05, 0.1) is 4.90 Å². The quantitative estimate of drug-likeness (QED) is 0.766. The zero-order chi connectivity index (χ0) is 17.7. The largest absolute Gasteiger partial charge is 0.444 e. The molecule has 1 rings (SSSR count). The number of carbonyl (C=O) groups excluding carboxylic acids is 1. The van der Waals surface area contributed by atoms with E-state index in [0.717, 1.165) is 10.9 Å². The van der Waals surface area contributed by atoms with Crippen molar-refractivity contribution in [2.24, 2.45) is 0 Å². The predicted octanol–water partition coefficient (Wildman–Crippen LogP) is 4.26. The molecule has 0 aliphatic rings. The molecule has 0 heterocycles. The zero-order valence-corrected chi connectivity index (χ0v) is 16.3. The fourth-order valence-electron chi connectivity index (χ4n) is 1.92. The van der Waals surface area contributed by atoms with Gasteiger partial charge in [-0.3, -0.25) is 0 Å². The van der Waals surface area contributed by atoms with Gasteiger partial charge in [0.1, 0.15) is 11.0 Å². The summed E-state index contributed by atoms with van der Waals surface area (Å²) in [4.78, 5) is 12.1. The summed E-state index contributed by atoms with van der Waals surface area (Å²) in [5.41, 5.74) is -0.680. The van der Waals surface area contributed by atoms with Gasteiger partial charge in [0, 0.05) is 4.47 Å².